The fourth-order valence-corrected chi connectivity index (χ4v) is 3.27. The highest BCUT2D eigenvalue weighted by Crippen LogP contribution is 2.44. The molecule has 0 saturated heterocycles. The SMILES string of the molecule is CC1CCCC1c1onc(N)c1-c1ccc(Br)cc1. The lowest BCUT2D eigenvalue weighted by Crippen LogP contribution is -2.02. The highest BCUT2D eigenvalue weighted by atomic mass is 79.9. The summed E-state index contributed by atoms with van der Waals surface area (Å²) in [4.78, 5) is 0. The molecule has 0 amide bonds. The Bertz CT molecular complexity index is 576. The lowest BCUT2D eigenvalue weighted by molar-refractivity contribution is 0.341. The van der Waals surface area contributed by atoms with Crippen molar-refractivity contribution in [1.82, 2.24) is 5.16 Å². The van der Waals surface area contributed by atoms with Crippen LogP contribution in [-0.4, -0.2) is 5.16 Å². The van der Waals surface area contributed by atoms with E-state index in [-0.39, 0.29) is 0 Å². The molecule has 100 valence electrons. The zero-order valence-electron chi connectivity index (χ0n) is 10.9. The van der Waals surface area contributed by atoms with Gasteiger partial charge in [-0.2, -0.15) is 0 Å². The van der Waals surface area contributed by atoms with Gasteiger partial charge in [0.1, 0.15) is 5.76 Å². The molecule has 0 bridgehead atoms. The largest absolute Gasteiger partial charge is 0.380 e. The minimum Gasteiger partial charge on any atom is -0.380 e. The summed E-state index contributed by atoms with van der Waals surface area (Å²) in [5.74, 6) is 2.55. The molecular formula is C15H17BrN2O. The van der Waals surface area contributed by atoms with Gasteiger partial charge in [0.15, 0.2) is 5.82 Å². The topological polar surface area (TPSA) is 52.0 Å². The van der Waals surface area contributed by atoms with Crippen molar-refractivity contribution < 1.29 is 4.52 Å². The molecule has 3 nitrogen and oxygen atoms in total. The Balaban J connectivity index is 2.05. The Hall–Kier alpha value is -1.29. The fraction of sp³-hybridized carbons (Fsp3) is 0.400. The number of nitrogens with zero attached hydrogens (tertiary/aromatic N) is 1. The van der Waals surface area contributed by atoms with Gasteiger partial charge >= 0.3 is 0 Å². The summed E-state index contributed by atoms with van der Waals surface area (Å²) in [7, 11) is 0. The summed E-state index contributed by atoms with van der Waals surface area (Å²) in [5.41, 5.74) is 8.07. The number of hydrogen-bond acceptors (Lipinski definition) is 3. The van der Waals surface area contributed by atoms with Crippen molar-refractivity contribution >= 4 is 21.7 Å². The van der Waals surface area contributed by atoms with Gasteiger partial charge in [-0.3, -0.25) is 0 Å². The maximum atomic E-state index is 6.01. The number of hydrogen-bond donors (Lipinski definition) is 1. The van der Waals surface area contributed by atoms with Crippen LogP contribution in [0.1, 0.15) is 37.9 Å². The molecule has 2 atom stereocenters. The number of benzene rings is 1. The van der Waals surface area contributed by atoms with E-state index in [2.05, 4.69) is 40.1 Å². The third kappa shape index (κ3) is 2.29. The summed E-state index contributed by atoms with van der Waals surface area (Å²) in [6.45, 7) is 2.28. The molecule has 19 heavy (non-hydrogen) atoms. The van der Waals surface area contributed by atoms with Gasteiger partial charge in [-0.15, -0.1) is 0 Å². The highest BCUT2D eigenvalue weighted by Gasteiger charge is 2.31. The molecule has 1 fully saturated rings. The van der Waals surface area contributed by atoms with Crippen LogP contribution in [0, 0.1) is 5.92 Å². The summed E-state index contributed by atoms with van der Waals surface area (Å²) >= 11 is 3.45. The zero-order chi connectivity index (χ0) is 13.4. The third-order valence-electron chi connectivity index (χ3n) is 4.08. The standard InChI is InChI=1S/C15H17BrN2O/c1-9-3-2-4-12(9)14-13(15(17)18-19-14)10-5-7-11(16)8-6-10/h5-9,12H,2-4H2,1H3,(H2,17,18). The molecule has 1 aromatic heterocycles. The van der Waals surface area contributed by atoms with E-state index in [9.17, 15) is 0 Å². The van der Waals surface area contributed by atoms with Gasteiger partial charge in [-0.1, -0.05) is 46.6 Å². The molecule has 1 aliphatic rings. The molecule has 0 spiro atoms. The van der Waals surface area contributed by atoms with Gasteiger partial charge in [-0.25, -0.2) is 0 Å². The molecule has 2 unspecified atom stereocenters. The second-order valence-electron chi connectivity index (χ2n) is 5.33. The summed E-state index contributed by atoms with van der Waals surface area (Å²) in [6.07, 6.45) is 3.68. The van der Waals surface area contributed by atoms with E-state index in [1.165, 1.54) is 19.3 Å². The zero-order valence-corrected chi connectivity index (χ0v) is 12.5. The molecule has 1 aromatic carbocycles. The number of halogens is 1. The van der Waals surface area contributed by atoms with Crippen molar-refractivity contribution in [3.8, 4) is 11.1 Å². The van der Waals surface area contributed by atoms with Gasteiger partial charge in [-0.05, 0) is 36.5 Å². The Labute approximate surface area is 121 Å². The first-order valence-electron chi connectivity index (χ1n) is 6.68. The van der Waals surface area contributed by atoms with E-state index >= 15 is 0 Å². The van der Waals surface area contributed by atoms with Crippen molar-refractivity contribution in [2.45, 2.75) is 32.1 Å². The average molecular weight is 321 g/mol. The van der Waals surface area contributed by atoms with Crippen LogP contribution in [0.5, 0.6) is 0 Å². The number of nitrogens with two attached hydrogens (primary N) is 1. The first-order valence-corrected chi connectivity index (χ1v) is 7.47. The van der Waals surface area contributed by atoms with E-state index < -0.39 is 0 Å². The van der Waals surface area contributed by atoms with E-state index in [1.54, 1.807) is 0 Å². The van der Waals surface area contributed by atoms with Crippen LogP contribution in [0.15, 0.2) is 33.3 Å². The second kappa shape index (κ2) is 5.00. The quantitative estimate of drug-likeness (QED) is 0.880. The van der Waals surface area contributed by atoms with Gasteiger partial charge in [0.2, 0.25) is 0 Å². The predicted molar refractivity (Wildman–Crippen MR) is 79.8 cm³/mol. The molecule has 2 N–H and O–H groups in total. The second-order valence-corrected chi connectivity index (χ2v) is 6.24. The Kier molecular flexibility index (Phi) is 3.35. The van der Waals surface area contributed by atoms with Crippen LogP contribution in [0.3, 0.4) is 0 Å². The molecule has 3 rings (SSSR count). The average Bonchev–Trinajstić information content (AvgIpc) is 2.97. The van der Waals surface area contributed by atoms with Crippen molar-refractivity contribution in [3.63, 3.8) is 0 Å². The van der Waals surface area contributed by atoms with Crippen molar-refractivity contribution in [3.05, 3.63) is 34.5 Å². The van der Waals surface area contributed by atoms with Crippen molar-refractivity contribution in [1.29, 1.82) is 0 Å². The molecule has 1 saturated carbocycles. The first kappa shape index (κ1) is 12.7. The number of aromatic nitrogens is 1. The van der Waals surface area contributed by atoms with E-state index in [4.69, 9.17) is 10.3 Å². The van der Waals surface area contributed by atoms with Gasteiger partial charge < -0.3 is 10.3 Å². The number of rotatable bonds is 2. The van der Waals surface area contributed by atoms with Gasteiger partial charge in [0.05, 0.1) is 5.56 Å². The lowest BCUT2D eigenvalue weighted by Gasteiger charge is -2.13. The van der Waals surface area contributed by atoms with Crippen LogP contribution in [0.4, 0.5) is 5.82 Å². The molecule has 0 aliphatic heterocycles. The normalized spacial score (nSPS) is 22.8. The first-order chi connectivity index (χ1) is 9.16. The summed E-state index contributed by atoms with van der Waals surface area (Å²) < 4.78 is 6.61. The van der Waals surface area contributed by atoms with E-state index in [0.29, 0.717) is 17.7 Å². The van der Waals surface area contributed by atoms with Crippen LogP contribution < -0.4 is 5.73 Å². The van der Waals surface area contributed by atoms with Crippen LogP contribution in [-0.2, 0) is 0 Å². The molecule has 0 radical (unpaired) electrons. The van der Waals surface area contributed by atoms with Crippen LogP contribution in [0.25, 0.3) is 11.1 Å². The minimum atomic E-state index is 0.448. The lowest BCUT2D eigenvalue weighted by atomic mass is 9.91. The highest BCUT2D eigenvalue weighted by molar-refractivity contribution is 9.10. The third-order valence-corrected chi connectivity index (χ3v) is 4.60. The maximum Gasteiger partial charge on any atom is 0.175 e. The Morgan fingerprint density at radius 2 is 2.00 bits per heavy atom. The van der Waals surface area contributed by atoms with Crippen LogP contribution >= 0.6 is 15.9 Å². The molecular weight excluding hydrogens is 304 g/mol. The molecule has 2 aromatic rings. The van der Waals surface area contributed by atoms with Gasteiger partial charge in [0, 0.05) is 10.4 Å². The van der Waals surface area contributed by atoms with Crippen LogP contribution in [0.2, 0.25) is 0 Å². The Morgan fingerprint density at radius 3 is 2.63 bits per heavy atom. The predicted octanol–water partition coefficient (Wildman–Crippen LogP) is 4.59. The fourth-order valence-electron chi connectivity index (χ4n) is 3.01. The minimum absolute atomic E-state index is 0.448. The smallest absolute Gasteiger partial charge is 0.175 e. The molecule has 4 heteroatoms. The monoisotopic (exact) mass is 320 g/mol. The van der Waals surface area contributed by atoms with Gasteiger partial charge in [0.25, 0.3) is 0 Å². The number of anilines is 1. The van der Waals surface area contributed by atoms with Crippen molar-refractivity contribution in [2.75, 3.05) is 5.73 Å². The number of nitrogen functional groups attached to an aromatic ring is 1. The molecule has 1 aliphatic carbocycles. The molecule has 1 heterocycles. The van der Waals surface area contributed by atoms with Crippen molar-refractivity contribution in [2.24, 2.45) is 5.92 Å². The van der Waals surface area contributed by atoms with E-state index in [1.807, 2.05) is 12.1 Å². The van der Waals surface area contributed by atoms with E-state index in [0.717, 1.165) is 21.4 Å². The Morgan fingerprint density at radius 1 is 1.26 bits per heavy atom. The maximum absolute atomic E-state index is 6.01. The summed E-state index contributed by atoms with van der Waals surface area (Å²) in [6, 6.07) is 8.14. The summed E-state index contributed by atoms with van der Waals surface area (Å²) in [5, 5.41) is 3.99.